The van der Waals surface area contributed by atoms with Crippen LogP contribution in [0, 0.1) is 0 Å². The van der Waals surface area contributed by atoms with Crippen molar-refractivity contribution in [3.8, 4) is 39.0 Å². The standard InChI is InChI=1S/C42H38N2O4S6/c1-3-5-7-9-21-43-39(45)27-23-35(53-37(27)41(43)47)33-19-17-31(51-33)29-15-13-25(49-29)11-12-26-14-16-30(50-26)32-18-20-34(52-32)36-24-28-38(54-36)42(48)44(40(28)46)22-10-8-6-4-2/h11-20,23-24H,3-10,21-22H2,1-2H3. The molecule has 0 saturated heterocycles. The van der Waals surface area contributed by atoms with Gasteiger partial charge < -0.3 is 0 Å². The Morgan fingerprint density at radius 3 is 1.19 bits per heavy atom. The van der Waals surface area contributed by atoms with Gasteiger partial charge in [-0.1, -0.05) is 52.4 Å². The highest BCUT2D eigenvalue weighted by molar-refractivity contribution is 7.28. The minimum Gasteiger partial charge on any atom is -0.274 e. The summed E-state index contributed by atoms with van der Waals surface area (Å²) in [5.41, 5.74) is 1.09. The van der Waals surface area contributed by atoms with E-state index in [0.29, 0.717) is 34.0 Å². The van der Waals surface area contributed by atoms with Crippen molar-refractivity contribution in [1.29, 1.82) is 0 Å². The summed E-state index contributed by atoms with van der Waals surface area (Å²) in [7, 11) is 0. The average molecular weight is 827 g/mol. The number of amides is 4. The fraction of sp³-hybridized carbons (Fsp3) is 0.286. The molecule has 0 unspecified atom stereocenters. The fourth-order valence-electron chi connectivity index (χ4n) is 6.70. The molecule has 12 heteroatoms. The highest BCUT2D eigenvalue weighted by atomic mass is 32.1. The molecule has 0 spiro atoms. The van der Waals surface area contributed by atoms with Gasteiger partial charge >= 0.3 is 0 Å². The second-order valence-electron chi connectivity index (χ2n) is 13.4. The van der Waals surface area contributed by atoms with Gasteiger partial charge in [-0.05, 0) is 85.7 Å². The zero-order chi connectivity index (χ0) is 37.3. The van der Waals surface area contributed by atoms with E-state index in [2.05, 4.69) is 74.5 Å². The molecule has 0 aromatic carbocycles. The Bertz CT molecular complexity index is 2160. The molecule has 0 atom stereocenters. The normalized spacial score (nSPS) is 14.1. The predicted molar refractivity (Wildman–Crippen MR) is 230 cm³/mol. The van der Waals surface area contributed by atoms with Gasteiger partial charge in [-0.2, -0.15) is 0 Å². The number of hydrogen-bond acceptors (Lipinski definition) is 10. The van der Waals surface area contributed by atoms with Crippen LogP contribution in [-0.2, 0) is 0 Å². The first-order chi connectivity index (χ1) is 26.3. The Kier molecular flexibility index (Phi) is 11.1. The number of hydrogen-bond donors (Lipinski definition) is 0. The molecule has 6 nitrogen and oxygen atoms in total. The van der Waals surface area contributed by atoms with E-state index < -0.39 is 0 Å². The Labute approximate surface area is 339 Å². The van der Waals surface area contributed by atoms with Crippen LogP contribution in [0.1, 0.15) is 115 Å². The maximum atomic E-state index is 13.0. The molecule has 0 aliphatic carbocycles. The number of carbonyl (C=O) groups excluding carboxylic acids is 4. The fourth-order valence-corrected chi connectivity index (χ4v) is 13.1. The Balaban J connectivity index is 0.888. The summed E-state index contributed by atoms with van der Waals surface area (Å²) in [5, 5.41) is 0. The molecule has 6 aromatic heterocycles. The number of imide groups is 2. The van der Waals surface area contributed by atoms with E-state index in [1.165, 1.54) is 42.2 Å². The summed E-state index contributed by atoms with van der Waals surface area (Å²) in [6.07, 6.45) is 12.6. The lowest BCUT2D eigenvalue weighted by Crippen LogP contribution is -2.30. The molecule has 54 heavy (non-hydrogen) atoms. The zero-order valence-corrected chi connectivity index (χ0v) is 34.9. The smallest absolute Gasteiger partial charge is 0.271 e. The van der Waals surface area contributed by atoms with Crippen LogP contribution in [0.5, 0.6) is 0 Å². The van der Waals surface area contributed by atoms with Gasteiger partial charge in [0.05, 0.1) is 11.1 Å². The number of rotatable bonds is 16. The first kappa shape index (κ1) is 37.2. The number of unbranched alkanes of at least 4 members (excludes halogenated alkanes) is 6. The molecule has 0 saturated carbocycles. The van der Waals surface area contributed by atoms with Gasteiger partial charge in [0, 0.05) is 61.9 Å². The Morgan fingerprint density at radius 1 is 0.426 bits per heavy atom. The molecule has 276 valence electrons. The van der Waals surface area contributed by atoms with Gasteiger partial charge in [-0.3, -0.25) is 29.0 Å². The molecular formula is C42H38N2O4S6. The number of thiophene rings is 6. The number of nitrogens with zero attached hydrogens (tertiary/aromatic N) is 2. The van der Waals surface area contributed by atoms with Crippen molar-refractivity contribution in [3.05, 3.63) is 91.3 Å². The van der Waals surface area contributed by atoms with Crippen molar-refractivity contribution in [1.82, 2.24) is 9.80 Å². The summed E-state index contributed by atoms with van der Waals surface area (Å²) in [6, 6.07) is 20.8. The topological polar surface area (TPSA) is 74.8 Å². The van der Waals surface area contributed by atoms with Gasteiger partial charge in [0.25, 0.3) is 23.6 Å². The molecule has 2 aliphatic heterocycles. The third kappa shape index (κ3) is 7.32. The minimum atomic E-state index is -0.156. The monoisotopic (exact) mass is 826 g/mol. The van der Waals surface area contributed by atoms with Crippen molar-refractivity contribution < 1.29 is 19.2 Å². The average Bonchev–Trinajstić information content (AvgIpc) is 4.03. The van der Waals surface area contributed by atoms with Gasteiger partial charge in [0.1, 0.15) is 9.75 Å². The SMILES string of the molecule is CCCCCCN1C(=O)c2cc(-c3ccc(-c4ccc(C=Cc5ccc(-c6ccc(-c7cc8c(s7)C(=O)N(CCCCCC)C8=O)s6)s5)s4)s3)sc2C1=O. The van der Waals surface area contributed by atoms with Crippen LogP contribution in [0.25, 0.3) is 51.2 Å². The van der Waals surface area contributed by atoms with Gasteiger partial charge in [0.2, 0.25) is 0 Å². The summed E-state index contributed by atoms with van der Waals surface area (Å²) < 4.78 is 0. The third-order valence-electron chi connectivity index (χ3n) is 9.61. The summed E-state index contributed by atoms with van der Waals surface area (Å²) in [6.45, 7) is 5.30. The molecule has 2 aliphatic rings. The molecule has 0 radical (unpaired) electrons. The first-order valence-corrected chi connectivity index (χ1v) is 23.3. The van der Waals surface area contributed by atoms with E-state index in [0.717, 1.165) is 90.4 Å². The van der Waals surface area contributed by atoms with E-state index in [-0.39, 0.29) is 23.6 Å². The number of fused-ring (bicyclic) bond motifs is 2. The lowest BCUT2D eigenvalue weighted by molar-refractivity contribution is 0.0637. The van der Waals surface area contributed by atoms with Crippen LogP contribution in [0.3, 0.4) is 0 Å². The zero-order valence-electron chi connectivity index (χ0n) is 30.0. The van der Waals surface area contributed by atoms with Crippen LogP contribution in [0.2, 0.25) is 0 Å². The summed E-state index contributed by atoms with van der Waals surface area (Å²) in [5.74, 6) is -0.606. The van der Waals surface area contributed by atoms with E-state index in [1.54, 1.807) is 45.3 Å². The van der Waals surface area contributed by atoms with Gasteiger partial charge in [-0.25, -0.2) is 0 Å². The molecule has 0 bridgehead atoms. The maximum absolute atomic E-state index is 13.0. The molecule has 8 heterocycles. The van der Waals surface area contributed by atoms with Crippen molar-refractivity contribution in [2.45, 2.75) is 65.2 Å². The molecule has 0 fully saturated rings. The molecule has 8 rings (SSSR count). The molecular weight excluding hydrogens is 789 g/mol. The largest absolute Gasteiger partial charge is 0.274 e. The van der Waals surface area contributed by atoms with Crippen LogP contribution in [-0.4, -0.2) is 46.5 Å². The van der Waals surface area contributed by atoms with Crippen molar-refractivity contribution in [2.24, 2.45) is 0 Å². The Hall–Kier alpha value is -3.78. The Morgan fingerprint density at radius 2 is 0.796 bits per heavy atom. The second kappa shape index (κ2) is 16.1. The quantitative estimate of drug-likeness (QED) is 0.0719. The summed E-state index contributed by atoms with van der Waals surface area (Å²) >= 11 is 9.71. The van der Waals surface area contributed by atoms with E-state index in [4.69, 9.17) is 0 Å². The van der Waals surface area contributed by atoms with Crippen molar-refractivity contribution in [2.75, 3.05) is 13.1 Å². The van der Waals surface area contributed by atoms with Gasteiger partial charge in [0.15, 0.2) is 0 Å². The van der Waals surface area contributed by atoms with Crippen molar-refractivity contribution >= 4 is 104 Å². The summed E-state index contributed by atoms with van der Waals surface area (Å²) in [4.78, 5) is 67.1. The maximum Gasteiger partial charge on any atom is 0.271 e. The molecule has 0 N–H and O–H groups in total. The second-order valence-corrected chi connectivity index (χ2v) is 19.9. The van der Waals surface area contributed by atoms with Gasteiger partial charge in [-0.15, -0.1) is 68.0 Å². The van der Waals surface area contributed by atoms with Crippen LogP contribution in [0.4, 0.5) is 0 Å². The highest BCUT2D eigenvalue weighted by Crippen LogP contribution is 2.45. The van der Waals surface area contributed by atoms with Crippen LogP contribution in [0.15, 0.2) is 60.7 Å². The number of carbonyl (C=O) groups is 4. The lowest BCUT2D eigenvalue weighted by atomic mass is 10.2. The lowest BCUT2D eigenvalue weighted by Gasteiger charge is -2.13. The minimum absolute atomic E-state index is 0.148. The van der Waals surface area contributed by atoms with Crippen LogP contribution >= 0.6 is 68.0 Å². The van der Waals surface area contributed by atoms with E-state index in [1.807, 2.05) is 12.1 Å². The van der Waals surface area contributed by atoms with E-state index >= 15 is 0 Å². The first-order valence-electron chi connectivity index (χ1n) is 18.4. The molecule has 4 amide bonds. The van der Waals surface area contributed by atoms with E-state index in [9.17, 15) is 19.2 Å². The highest BCUT2D eigenvalue weighted by Gasteiger charge is 2.39. The van der Waals surface area contributed by atoms with Crippen LogP contribution < -0.4 is 0 Å². The predicted octanol–water partition coefficient (Wildman–Crippen LogP) is 13.2. The molecule has 6 aromatic rings. The third-order valence-corrected chi connectivity index (χ3v) is 16.9. The van der Waals surface area contributed by atoms with Crippen molar-refractivity contribution in [3.63, 3.8) is 0 Å².